The number of anilines is 1. The van der Waals surface area contributed by atoms with Crippen molar-refractivity contribution in [2.75, 3.05) is 26.2 Å². The van der Waals surface area contributed by atoms with Gasteiger partial charge in [0.25, 0.3) is 0 Å². The minimum Gasteiger partial charge on any atom is -0.496 e. The first-order valence-corrected chi connectivity index (χ1v) is 10.4. The van der Waals surface area contributed by atoms with Gasteiger partial charge in [-0.1, -0.05) is 41.9 Å². The molecule has 0 aromatic heterocycles. The van der Waals surface area contributed by atoms with Crippen LogP contribution < -0.4 is 15.4 Å². The molecule has 0 bridgehead atoms. The number of hydrogen-bond donors (Lipinski definition) is 2. The normalized spacial score (nSPS) is 15.4. The van der Waals surface area contributed by atoms with Gasteiger partial charge < -0.3 is 25.1 Å². The van der Waals surface area contributed by atoms with Crippen molar-refractivity contribution in [2.45, 2.75) is 5.92 Å². The van der Waals surface area contributed by atoms with Crippen molar-refractivity contribution in [3.05, 3.63) is 81.3 Å². The third-order valence-electron chi connectivity index (χ3n) is 5.35. The summed E-state index contributed by atoms with van der Waals surface area (Å²) in [7, 11) is 3.48. The number of carboxylic acid groups (broad SMARTS) is 1. The highest BCUT2D eigenvalue weighted by atomic mass is 35.5. The molecule has 2 aromatic rings. The molecule has 1 aliphatic heterocycles. The highest BCUT2D eigenvalue weighted by Gasteiger charge is 2.43. The van der Waals surface area contributed by atoms with Gasteiger partial charge in [0.15, 0.2) is 0 Å². The maximum Gasteiger partial charge on any atom is 0.355 e. The minimum atomic E-state index is -1.31. The predicted octanol–water partition coefficient (Wildman–Crippen LogP) is 2.94. The second-order valence-electron chi connectivity index (χ2n) is 7.14. The molecule has 35 heavy (non-hydrogen) atoms. The topological polar surface area (TPSA) is 152 Å². The van der Waals surface area contributed by atoms with Crippen LogP contribution in [0.4, 0.5) is 5.69 Å². The molecular formula is C24H20ClN3O7. The summed E-state index contributed by atoms with van der Waals surface area (Å²) in [6.07, 6.45) is 0. The van der Waals surface area contributed by atoms with Crippen LogP contribution >= 0.6 is 11.6 Å². The number of rotatable bonds is 6. The lowest BCUT2D eigenvalue weighted by atomic mass is 9.81. The Morgan fingerprint density at radius 2 is 1.71 bits per heavy atom. The number of carbonyl (C=O) groups excluding carboxylic acids is 2. The first kappa shape index (κ1) is 25.1. The number of esters is 2. The largest absolute Gasteiger partial charge is 0.496 e. The van der Waals surface area contributed by atoms with Gasteiger partial charge >= 0.3 is 17.9 Å². The SMILES string of the molecule is COC(=O)C1=C(C(=O)OC)N(c2cc(OC)c(C(=O)O)cc2Cl)C(N)=C(C#N)C1c1ccccc1. The van der Waals surface area contributed by atoms with Crippen LogP contribution in [-0.4, -0.2) is 44.3 Å². The Balaban J connectivity index is 2.46. The average Bonchev–Trinajstić information content (AvgIpc) is 2.87. The second kappa shape index (κ2) is 10.2. The Morgan fingerprint density at radius 1 is 1.09 bits per heavy atom. The highest BCUT2D eigenvalue weighted by Crippen LogP contribution is 2.45. The summed E-state index contributed by atoms with van der Waals surface area (Å²) >= 11 is 6.41. The van der Waals surface area contributed by atoms with Gasteiger partial charge in [-0.15, -0.1) is 0 Å². The average molecular weight is 498 g/mol. The summed E-state index contributed by atoms with van der Waals surface area (Å²) in [4.78, 5) is 38.8. The molecule has 2 aromatic carbocycles. The number of aromatic carboxylic acids is 1. The molecule has 11 heteroatoms. The number of nitrogens with zero attached hydrogens (tertiary/aromatic N) is 2. The zero-order chi connectivity index (χ0) is 25.9. The summed E-state index contributed by atoms with van der Waals surface area (Å²) in [6, 6.07) is 12.8. The molecular weight excluding hydrogens is 478 g/mol. The molecule has 1 aliphatic rings. The molecule has 0 radical (unpaired) electrons. The summed E-state index contributed by atoms with van der Waals surface area (Å²) in [5.41, 5.74) is 6.01. The number of methoxy groups -OCH3 is 3. The number of nitrogens with two attached hydrogens (primary N) is 1. The maximum atomic E-state index is 13.1. The monoisotopic (exact) mass is 497 g/mol. The fourth-order valence-electron chi connectivity index (χ4n) is 3.81. The zero-order valence-electron chi connectivity index (χ0n) is 18.9. The summed E-state index contributed by atoms with van der Waals surface area (Å²) in [6.45, 7) is 0. The lowest BCUT2D eigenvalue weighted by Crippen LogP contribution is -2.41. The second-order valence-corrected chi connectivity index (χ2v) is 7.55. The van der Waals surface area contributed by atoms with E-state index in [4.69, 9.17) is 31.5 Å². The molecule has 3 rings (SSSR count). The Bertz CT molecular complexity index is 1310. The summed E-state index contributed by atoms with van der Waals surface area (Å²) < 4.78 is 15.1. The number of ether oxygens (including phenoxy) is 3. The number of allylic oxidation sites excluding steroid dienone is 1. The van der Waals surface area contributed by atoms with Gasteiger partial charge in [-0.3, -0.25) is 4.90 Å². The van der Waals surface area contributed by atoms with Gasteiger partial charge in [0.1, 0.15) is 22.8 Å². The van der Waals surface area contributed by atoms with Gasteiger partial charge in [0.05, 0.1) is 55.2 Å². The van der Waals surface area contributed by atoms with Gasteiger partial charge in [0.2, 0.25) is 0 Å². The Morgan fingerprint density at radius 3 is 2.23 bits per heavy atom. The Hall–Kier alpha value is -4.49. The number of halogens is 1. The maximum absolute atomic E-state index is 13.1. The molecule has 1 unspecified atom stereocenters. The van der Waals surface area contributed by atoms with Crippen molar-refractivity contribution >= 4 is 35.2 Å². The number of carboxylic acids is 1. The first-order chi connectivity index (χ1) is 16.7. The van der Waals surface area contributed by atoms with E-state index in [0.29, 0.717) is 5.56 Å². The van der Waals surface area contributed by atoms with Crippen molar-refractivity contribution in [1.82, 2.24) is 0 Å². The van der Waals surface area contributed by atoms with Crippen LogP contribution in [0.25, 0.3) is 0 Å². The van der Waals surface area contributed by atoms with E-state index in [9.17, 15) is 24.8 Å². The van der Waals surface area contributed by atoms with Crippen LogP contribution in [0.15, 0.2) is 65.1 Å². The van der Waals surface area contributed by atoms with Crippen LogP contribution in [0.3, 0.4) is 0 Å². The Kier molecular flexibility index (Phi) is 7.32. The van der Waals surface area contributed by atoms with E-state index < -0.39 is 23.8 Å². The van der Waals surface area contributed by atoms with Crippen molar-refractivity contribution < 1.29 is 33.7 Å². The van der Waals surface area contributed by atoms with Crippen LogP contribution in [0.5, 0.6) is 5.75 Å². The number of nitriles is 1. The molecule has 180 valence electrons. The molecule has 0 amide bonds. The van der Waals surface area contributed by atoms with Gasteiger partial charge in [-0.05, 0) is 11.6 Å². The molecule has 0 saturated heterocycles. The number of carbonyl (C=O) groups is 3. The molecule has 10 nitrogen and oxygen atoms in total. The molecule has 0 aliphatic carbocycles. The molecule has 0 saturated carbocycles. The predicted molar refractivity (Wildman–Crippen MR) is 125 cm³/mol. The quantitative estimate of drug-likeness (QED) is 0.569. The lowest BCUT2D eigenvalue weighted by molar-refractivity contribution is -0.139. The number of hydrogen-bond acceptors (Lipinski definition) is 9. The van der Waals surface area contributed by atoms with E-state index in [1.165, 1.54) is 13.2 Å². The molecule has 0 fully saturated rings. The van der Waals surface area contributed by atoms with Gasteiger partial charge in [-0.25, -0.2) is 14.4 Å². The molecule has 1 atom stereocenters. The van der Waals surface area contributed by atoms with Gasteiger partial charge in [-0.2, -0.15) is 5.26 Å². The van der Waals surface area contributed by atoms with E-state index in [-0.39, 0.29) is 44.7 Å². The van der Waals surface area contributed by atoms with Crippen molar-refractivity contribution in [2.24, 2.45) is 5.73 Å². The van der Waals surface area contributed by atoms with E-state index in [1.807, 2.05) is 6.07 Å². The van der Waals surface area contributed by atoms with Crippen LogP contribution in [0.2, 0.25) is 5.02 Å². The van der Waals surface area contributed by atoms with Crippen LogP contribution in [0.1, 0.15) is 21.8 Å². The van der Waals surface area contributed by atoms with Crippen molar-refractivity contribution in [3.8, 4) is 11.8 Å². The fraction of sp³-hybridized carbons (Fsp3) is 0.167. The van der Waals surface area contributed by atoms with E-state index in [0.717, 1.165) is 25.2 Å². The van der Waals surface area contributed by atoms with Gasteiger partial charge in [0, 0.05) is 6.07 Å². The van der Waals surface area contributed by atoms with E-state index >= 15 is 0 Å². The smallest absolute Gasteiger partial charge is 0.355 e. The van der Waals surface area contributed by atoms with E-state index in [1.54, 1.807) is 30.3 Å². The molecule has 1 heterocycles. The lowest BCUT2D eigenvalue weighted by Gasteiger charge is -2.36. The number of benzene rings is 2. The summed E-state index contributed by atoms with van der Waals surface area (Å²) in [5, 5.41) is 19.4. The van der Waals surface area contributed by atoms with Crippen LogP contribution in [0, 0.1) is 11.3 Å². The zero-order valence-corrected chi connectivity index (χ0v) is 19.6. The third kappa shape index (κ3) is 4.37. The molecule has 3 N–H and O–H groups in total. The minimum absolute atomic E-state index is 0.0212. The van der Waals surface area contributed by atoms with Crippen molar-refractivity contribution in [3.63, 3.8) is 0 Å². The van der Waals surface area contributed by atoms with Crippen LogP contribution in [-0.2, 0) is 19.1 Å². The highest BCUT2D eigenvalue weighted by molar-refractivity contribution is 6.34. The third-order valence-corrected chi connectivity index (χ3v) is 5.65. The fourth-order valence-corrected chi connectivity index (χ4v) is 4.06. The van der Waals surface area contributed by atoms with E-state index in [2.05, 4.69) is 0 Å². The van der Waals surface area contributed by atoms with Crippen molar-refractivity contribution in [1.29, 1.82) is 5.26 Å². The first-order valence-electron chi connectivity index (χ1n) is 9.98. The summed E-state index contributed by atoms with van der Waals surface area (Å²) in [5.74, 6) is -4.56. The molecule has 0 spiro atoms. The standard InChI is InChI=1S/C24H20ClN3O7/c1-33-17-10-16(15(25)9-13(17)22(29)30)28-20(24(32)35-3)19(23(31)34-2)18(14(11-26)21(28)27)12-7-5-4-6-8-12/h4-10,18H,27H2,1-3H3,(H,29,30). The Labute approximate surface area is 205 Å².